The zero-order valence-corrected chi connectivity index (χ0v) is 12.0. The first-order chi connectivity index (χ1) is 9.09. The van der Waals surface area contributed by atoms with Gasteiger partial charge in [0.2, 0.25) is 5.95 Å². The Morgan fingerprint density at radius 1 is 1.26 bits per heavy atom. The Hall–Kier alpha value is -0.930. The third-order valence-corrected chi connectivity index (χ3v) is 5.35. The van der Waals surface area contributed by atoms with E-state index in [2.05, 4.69) is 9.55 Å². The zero-order valence-electron chi connectivity index (χ0n) is 10.5. The fourth-order valence-electron chi connectivity index (χ4n) is 3.17. The molecule has 2 N–H and O–H groups in total. The zero-order chi connectivity index (χ0) is 13.2. The predicted octanol–water partition coefficient (Wildman–Crippen LogP) is 4.12. The molecule has 0 atom stereocenters. The molecule has 0 unspecified atom stereocenters. The van der Waals surface area contributed by atoms with Crippen LogP contribution < -0.4 is 5.73 Å². The molecule has 0 radical (unpaired) electrons. The fraction of sp³-hybridized carbons (Fsp3) is 0.500. The molecule has 5 heteroatoms. The Morgan fingerprint density at radius 3 is 2.58 bits per heavy atom. The standard InChI is InChI=1S/C14H15Cl2N3/c15-9-5-11-12(6-10(9)16)19(13(17)18-11)7-14(3-4-14)8-1-2-8/h5-6,8H,1-4,7H2,(H2,17,18). The molecule has 1 aromatic carbocycles. The summed E-state index contributed by atoms with van der Waals surface area (Å²) in [5.74, 6) is 1.47. The second-order valence-corrected chi connectivity index (χ2v) is 6.76. The molecule has 0 spiro atoms. The van der Waals surface area contributed by atoms with E-state index in [1.54, 1.807) is 6.07 Å². The van der Waals surface area contributed by atoms with E-state index >= 15 is 0 Å². The van der Waals surface area contributed by atoms with Crippen molar-refractivity contribution >= 4 is 40.2 Å². The fourth-order valence-corrected chi connectivity index (χ4v) is 3.49. The Bertz CT molecular complexity index is 669. The molecule has 0 saturated heterocycles. The number of halogens is 2. The molecule has 3 nitrogen and oxygen atoms in total. The van der Waals surface area contributed by atoms with Crippen LogP contribution in [0.5, 0.6) is 0 Å². The van der Waals surface area contributed by atoms with Crippen molar-refractivity contribution in [3.63, 3.8) is 0 Å². The van der Waals surface area contributed by atoms with Crippen molar-refractivity contribution in [1.82, 2.24) is 9.55 Å². The highest BCUT2D eigenvalue weighted by Gasteiger charge is 2.54. The summed E-state index contributed by atoms with van der Waals surface area (Å²) in [7, 11) is 0. The summed E-state index contributed by atoms with van der Waals surface area (Å²) in [6.07, 6.45) is 5.38. The highest BCUT2D eigenvalue weighted by Crippen LogP contribution is 2.62. The van der Waals surface area contributed by atoms with E-state index in [0.29, 0.717) is 21.4 Å². The first kappa shape index (κ1) is 11.9. The van der Waals surface area contributed by atoms with Crippen molar-refractivity contribution in [3.8, 4) is 0 Å². The summed E-state index contributed by atoms with van der Waals surface area (Å²) in [6.45, 7) is 0.970. The van der Waals surface area contributed by atoms with E-state index < -0.39 is 0 Å². The van der Waals surface area contributed by atoms with Crippen molar-refractivity contribution in [2.45, 2.75) is 32.2 Å². The van der Waals surface area contributed by atoms with Gasteiger partial charge in [0, 0.05) is 6.54 Å². The molecular weight excluding hydrogens is 281 g/mol. The summed E-state index contributed by atoms with van der Waals surface area (Å²) >= 11 is 12.1. The van der Waals surface area contributed by atoms with Crippen LogP contribution in [0.1, 0.15) is 25.7 Å². The van der Waals surface area contributed by atoms with E-state index in [1.165, 1.54) is 25.7 Å². The largest absolute Gasteiger partial charge is 0.369 e. The van der Waals surface area contributed by atoms with E-state index in [0.717, 1.165) is 23.5 Å². The summed E-state index contributed by atoms with van der Waals surface area (Å²) in [6, 6.07) is 3.67. The van der Waals surface area contributed by atoms with Gasteiger partial charge >= 0.3 is 0 Å². The van der Waals surface area contributed by atoms with Crippen molar-refractivity contribution in [1.29, 1.82) is 0 Å². The lowest BCUT2D eigenvalue weighted by Crippen LogP contribution is -2.15. The van der Waals surface area contributed by atoms with Gasteiger partial charge in [0.25, 0.3) is 0 Å². The average molecular weight is 296 g/mol. The van der Waals surface area contributed by atoms with Crippen LogP contribution in [0.2, 0.25) is 10.0 Å². The summed E-state index contributed by atoms with van der Waals surface area (Å²) in [5.41, 5.74) is 8.39. The average Bonchev–Trinajstić information content (AvgIpc) is 3.24. The first-order valence-corrected chi connectivity index (χ1v) is 7.45. The van der Waals surface area contributed by atoms with Crippen LogP contribution in [-0.2, 0) is 6.54 Å². The number of fused-ring (bicyclic) bond motifs is 1. The van der Waals surface area contributed by atoms with Crippen LogP contribution in [0, 0.1) is 11.3 Å². The van der Waals surface area contributed by atoms with Crippen LogP contribution in [0.3, 0.4) is 0 Å². The predicted molar refractivity (Wildman–Crippen MR) is 78.6 cm³/mol. The molecule has 1 aromatic heterocycles. The molecular formula is C14H15Cl2N3. The number of rotatable bonds is 3. The van der Waals surface area contributed by atoms with Gasteiger partial charge in [0.15, 0.2) is 0 Å². The Balaban J connectivity index is 1.80. The van der Waals surface area contributed by atoms with E-state index in [9.17, 15) is 0 Å². The lowest BCUT2D eigenvalue weighted by molar-refractivity contribution is 0.377. The molecule has 19 heavy (non-hydrogen) atoms. The van der Waals surface area contributed by atoms with Gasteiger partial charge in [0.1, 0.15) is 0 Å². The Kier molecular flexibility index (Phi) is 2.37. The molecule has 100 valence electrons. The second-order valence-electron chi connectivity index (χ2n) is 5.95. The molecule has 0 aliphatic heterocycles. The van der Waals surface area contributed by atoms with Gasteiger partial charge in [-0.05, 0) is 49.1 Å². The quantitative estimate of drug-likeness (QED) is 0.926. The smallest absolute Gasteiger partial charge is 0.201 e. The molecule has 1 heterocycles. The maximum absolute atomic E-state index is 6.12. The minimum absolute atomic E-state index is 0.480. The van der Waals surface area contributed by atoms with Gasteiger partial charge < -0.3 is 10.3 Å². The molecule has 2 fully saturated rings. The first-order valence-electron chi connectivity index (χ1n) is 6.70. The number of hydrogen-bond acceptors (Lipinski definition) is 2. The van der Waals surface area contributed by atoms with Gasteiger partial charge in [-0.25, -0.2) is 4.98 Å². The number of anilines is 1. The third kappa shape index (κ3) is 1.83. The van der Waals surface area contributed by atoms with Crippen molar-refractivity contribution in [2.24, 2.45) is 11.3 Å². The second kappa shape index (κ2) is 3.80. The van der Waals surface area contributed by atoms with E-state index in [-0.39, 0.29) is 0 Å². The molecule has 2 aliphatic carbocycles. The minimum atomic E-state index is 0.480. The number of nitrogen functional groups attached to an aromatic ring is 1. The van der Waals surface area contributed by atoms with Gasteiger partial charge in [-0.1, -0.05) is 23.2 Å². The minimum Gasteiger partial charge on any atom is -0.369 e. The number of imidazole rings is 1. The maximum Gasteiger partial charge on any atom is 0.201 e. The number of hydrogen-bond donors (Lipinski definition) is 1. The monoisotopic (exact) mass is 295 g/mol. The summed E-state index contributed by atoms with van der Waals surface area (Å²) < 4.78 is 2.11. The van der Waals surface area contributed by atoms with Crippen molar-refractivity contribution in [2.75, 3.05) is 5.73 Å². The summed E-state index contributed by atoms with van der Waals surface area (Å²) in [5, 5.41) is 1.09. The Morgan fingerprint density at radius 2 is 1.95 bits per heavy atom. The van der Waals surface area contributed by atoms with Gasteiger partial charge in [-0.3, -0.25) is 0 Å². The van der Waals surface area contributed by atoms with Crippen LogP contribution >= 0.6 is 23.2 Å². The highest BCUT2D eigenvalue weighted by molar-refractivity contribution is 6.42. The SMILES string of the molecule is Nc1nc2cc(Cl)c(Cl)cc2n1CC1(C2CC2)CC1. The van der Waals surface area contributed by atoms with Crippen LogP contribution in [0.15, 0.2) is 12.1 Å². The lowest BCUT2D eigenvalue weighted by Gasteiger charge is -2.16. The van der Waals surface area contributed by atoms with Crippen LogP contribution in [0.25, 0.3) is 11.0 Å². The van der Waals surface area contributed by atoms with Gasteiger partial charge in [-0.2, -0.15) is 0 Å². The number of aromatic nitrogens is 2. The number of benzene rings is 1. The number of nitrogens with zero attached hydrogens (tertiary/aromatic N) is 2. The van der Waals surface area contributed by atoms with Crippen LogP contribution in [-0.4, -0.2) is 9.55 Å². The summed E-state index contributed by atoms with van der Waals surface area (Å²) in [4.78, 5) is 4.40. The molecule has 2 aromatic rings. The van der Waals surface area contributed by atoms with Crippen LogP contribution in [0.4, 0.5) is 5.95 Å². The molecule has 2 aliphatic rings. The third-order valence-electron chi connectivity index (χ3n) is 4.63. The van der Waals surface area contributed by atoms with Crippen molar-refractivity contribution in [3.05, 3.63) is 22.2 Å². The lowest BCUT2D eigenvalue weighted by atomic mass is 10.0. The molecule has 0 amide bonds. The molecule has 0 bridgehead atoms. The maximum atomic E-state index is 6.12. The molecule has 2 saturated carbocycles. The van der Waals surface area contributed by atoms with E-state index in [1.807, 2.05) is 6.07 Å². The number of nitrogens with two attached hydrogens (primary N) is 1. The molecule has 4 rings (SSSR count). The van der Waals surface area contributed by atoms with Gasteiger partial charge in [-0.15, -0.1) is 0 Å². The van der Waals surface area contributed by atoms with E-state index in [4.69, 9.17) is 28.9 Å². The topological polar surface area (TPSA) is 43.8 Å². The highest BCUT2D eigenvalue weighted by atomic mass is 35.5. The van der Waals surface area contributed by atoms with Crippen molar-refractivity contribution < 1.29 is 0 Å². The normalized spacial score (nSPS) is 20.9. The Labute approximate surface area is 121 Å². The van der Waals surface area contributed by atoms with Gasteiger partial charge in [0.05, 0.1) is 21.1 Å².